The molecule has 3 rings (SSSR count). The largest absolute Gasteiger partial charge is 0.396 e. The van der Waals surface area contributed by atoms with Crippen LogP contribution in [-0.4, -0.2) is 93.6 Å². The van der Waals surface area contributed by atoms with E-state index in [0.717, 1.165) is 6.42 Å². The van der Waals surface area contributed by atoms with E-state index in [1.807, 2.05) is 27.7 Å². The van der Waals surface area contributed by atoms with Gasteiger partial charge >= 0.3 is 0 Å². The fraction of sp³-hybridized carbons (Fsp3) is 0.741. The van der Waals surface area contributed by atoms with Gasteiger partial charge in [0, 0.05) is 38.8 Å². The minimum atomic E-state index is -1.03. The predicted molar refractivity (Wildman–Crippen MR) is 134 cm³/mol. The number of hydrogen-bond acceptors (Lipinski definition) is 5. The predicted octanol–water partition coefficient (Wildman–Crippen LogP) is 2.37. The topological polar surface area (TPSA) is 90.4 Å². The summed E-state index contributed by atoms with van der Waals surface area (Å²) in [5.74, 6) is -1.81. The van der Waals surface area contributed by atoms with Gasteiger partial charge in [0.25, 0.3) is 0 Å². The molecule has 0 saturated carbocycles. The molecule has 3 aliphatic rings. The van der Waals surface area contributed by atoms with E-state index >= 15 is 0 Å². The average Bonchev–Trinajstić information content (AvgIpc) is 3.34. The van der Waals surface area contributed by atoms with Crippen molar-refractivity contribution in [3.63, 3.8) is 0 Å². The zero-order chi connectivity index (χ0) is 26.2. The van der Waals surface area contributed by atoms with E-state index in [9.17, 15) is 19.5 Å². The maximum Gasteiger partial charge on any atom is 0.249 e. The van der Waals surface area contributed by atoms with Crippen molar-refractivity contribution in [2.75, 3.05) is 33.3 Å². The van der Waals surface area contributed by atoms with Crippen molar-refractivity contribution < 1.29 is 24.2 Å². The second-order valence-corrected chi connectivity index (χ2v) is 11.5. The highest BCUT2D eigenvalue weighted by Gasteiger charge is 2.78. The van der Waals surface area contributed by atoms with Crippen molar-refractivity contribution in [3.05, 3.63) is 25.3 Å². The zero-order valence-electron chi connectivity index (χ0n) is 22.1. The van der Waals surface area contributed by atoms with Crippen molar-refractivity contribution in [3.8, 4) is 0 Å². The quantitative estimate of drug-likeness (QED) is 0.356. The number of aliphatic hydroxyl groups is 1. The molecule has 3 fully saturated rings. The minimum Gasteiger partial charge on any atom is -0.396 e. The number of rotatable bonds is 11. The lowest BCUT2D eigenvalue weighted by Gasteiger charge is -2.42. The van der Waals surface area contributed by atoms with Gasteiger partial charge in [0.2, 0.25) is 17.7 Å². The van der Waals surface area contributed by atoms with Gasteiger partial charge in [-0.3, -0.25) is 14.4 Å². The summed E-state index contributed by atoms with van der Waals surface area (Å²) >= 11 is 0. The summed E-state index contributed by atoms with van der Waals surface area (Å²) in [5, 5.41) is 9.19. The van der Waals surface area contributed by atoms with Crippen molar-refractivity contribution in [2.24, 2.45) is 11.8 Å². The van der Waals surface area contributed by atoms with Gasteiger partial charge in [-0.05, 0) is 59.8 Å². The Kier molecular flexibility index (Phi) is 7.87. The monoisotopic (exact) mass is 489 g/mol. The fourth-order valence-corrected chi connectivity index (χ4v) is 6.38. The summed E-state index contributed by atoms with van der Waals surface area (Å²) in [6.07, 6.45) is 6.60. The number of likely N-dealkylation sites (N-methyl/N-ethyl adjacent to an activating group) is 1. The lowest BCUT2D eigenvalue weighted by molar-refractivity contribution is -0.155. The van der Waals surface area contributed by atoms with Crippen LogP contribution >= 0.6 is 0 Å². The molecule has 5 atom stereocenters. The van der Waals surface area contributed by atoms with E-state index in [-0.39, 0.29) is 24.3 Å². The number of aliphatic hydroxyl groups excluding tert-OH is 1. The number of unbranched alkanes of at least 4 members (excludes halogenated alkanes) is 2. The summed E-state index contributed by atoms with van der Waals surface area (Å²) in [6.45, 7) is 16.6. The van der Waals surface area contributed by atoms with E-state index in [1.165, 1.54) is 0 Å². The molecule has 8 nitrogen and oxygen atoms in total. The van der Waals surface area contributed by atoms with Gasteiger partial charge in [-0.2, -0.15) is 0 Å². The van der Waals surface area contributed by atoms with Gasteiger partial charge in [0.15, 0.2) is 0 Å². The molecular formula is C27H43N3O5. The van der Waals surface area contributed by atoms with Gasteiger partial charge in [-0.15, -0.1) is 13.2 Å². The van der Waals surface area contributed by atoms with E-state index < -0.39 is 34.6 Å². The number of carbonyl (C=O) groups is 3. The van der Waals surface area contributed by atoms with Crippen LogP contribution < -0.4 is 0 Å². The van der Waals surface area contributed by atoms with E-state index in [1.54, 1.807) is 33.9 Å². The van der Waals surface area contributed by atoms with E-state index in [2.05, 4.69) is 13.2 Å². The van der Waals surface area contributed by atoms with Crippen LogP contribution in [0, 0.1) is 11.8 Å². The third-order valence-electron chi connectivity index (χ3n) is 8.00. The number of nitrogens with zero attached hydrogens (tertiary/aromatic N) is 3. The molecule has 0 aromatic carbocycles. The SMILES string of the molecule is C=CCN(C)C(=O)[C@H]1[C@H]2C(=O)N(CCCCCO)C(C(=O)N(CC=C)C(C)(C)C)C23CC[C@]1(C)O3. The number of amides is 3. The highest BCUT2D eigenvalue weighted by Crippen LogP contribution is 2.63. The van der Waals surface area contributed by atoms with Crippen molar-refractivity contribution in [1.82, 2.24) is 14.7 Å². The molecule has 3 amide bonds. The molecule has 1 N–H and O–H groups in total. The van der Waals surface area contributed by atoms with Crippen LogP contribution in [0.5, 0.6) is 0 Å². The fourth-order valence-electron chi connectivity index (χ4n) is 6.38. The molecule has 2 bridgehead atoms. The molecule has 3 aliphatic heterocycles. The molecule has 2 unspecified atom stereocenters. The molecule has 196 valence electrons. The normalized spacial score (nSPS) is 31.4. The lowest BCUT2D eigenvalue weighted by atomic mass is 9.66. The molecule has 1 spiro atoms. The van der Waals surface area contributed by atoms with Crippen molar-refractivity contribution in [2.45, 2.75) is 82.6 Å². The average molecular weight is 490 g/mol. The van der Waals surface area contributed by atoms with Crippen LogP contribution in [-0.2, 0) is 19.1 Å². The highest BCUT2D eigenvalue weighted by atomic mass is 16.5. The summed E-state index contributed by atoms with van der Waals surface area (Å²) < 4.78 is 6.69. The van der Waals surface area contributed by atoms with Gasteiger partial charge in [-0.1, -0.05) is 12.2 Å². The number of hydrogen-bond donors (Lipinski definition) is 1. The Morgan fingerprint density at radius 2 is 1.80 bits per heavy atom. The van der Waals surface area contributed by atoms with Crippen LogP contribution in [0.2, 0.25) is 0 Å². The standard InChI is InChI=1S/C27H43N3O5/c1-8-15-28(7)22(32)19-20-23(33)29(17-11-10-12-18-31)21(27(20)14-13-26(19,6)35-27)24(34)30(16-9-2)25(3,4)5/h8-9,19-21,31H,1-2,10-18H2,3-7H3/t19-,20+,21?,26+,27?/m1/s1. The highest BCUT2D eigenvalue weighted by molar-refractivity contribution is 5.99. The maximum atomic E-state index is 14.2. The van der Waals surface area contributed by atoms with Gasteiger partial charge < -0.3 is 24.5 Å². The summed E-state index contributed by atoms with van der Waals surface area (Å²) in [6, 6.07) is -0.794. The Morgan fingerprint density at radius 3 is 2.37 bits per heavy atom. The molecule has 3 heterocycles. The first-order chi connectivity index (χ1) is 16.4. The third-order valence-corrected chi connectivity index (χ3v) is 8.00. The van der Waals surface area contributed by atoms with Crippen LogP contribution in [0.1, 0.15) is 59.8 Å². The molecule has 0 aromatic rings. The molecule has 3 saturated heterocycles. The summed E-state index contributed by atoms with van der Waals surface area (Å²) in [5.41, 5.74) is -2.30. The smallest absolute Gasteiger partial charge is 0.249 e. The Hall–Kier alpha value is -2.19. The summed E-state index contributed by atoms with van der Waals surface area (Å²) in [7, 11) is 1.71. The summed E-state index contributed by atoms with van der Waals surface area (Å²) in [4.78, 5) is 46.9. The number of likely N-dealkylation sites (tertiary alicyclic amines) is 1. The molecule has 35 heavy (non-hydrogen) atoms. The van der Waals surface area contributed by atoms with E-state index in [4.69, 9.17) is 4.74 Å². The number of carbonyl (C=O) groups excluding carboxylic acids is 3. The van der Waals surface area contributed by atoms with Gasteiger partial charge in [0.05, 0.1) is 17.4 Å². The molecule has 0 aliphatic carbocycles. The van der Waals surface area contributed by atoms with Crippen LogP contribution in [0.15, 0.2) is 25.3 Å². The van der Waals surface area contributed by atoms with Crippen LogP contribution in [0.3, 0.4) is 0 Å². The third kappa shape index (κ3) is 4.55. The maximum absolute atomic E-state index is 14.2. The van der Waals surface area contributed by atoms with Gasteiger partial charge in [-0.25, -0.2) is 0 Å². The van der Waals surface area contributed by atoms with Crippen molar-refractivity contribution in [1.29, 1.82) is 0 Å². The van der Waals surface area contributed by atoms with Gasteiger partial charge in [0.1, 0.15) is 11.6 Å². The lowest BCUT2D eigenvalue weighted by Crippen LogP contribution is -2.60. The number of fused-ring (bicyclic) bond motifs is 1. The molecule has 0 radical (unpaired) electrons. The Balaban J connectivity index is 2.06. The Bertz CT molecular complexity index is 867. The Morgan fingerprint density at radius 1 is 1.14 bits per heavy atom. The van der Waals surface area contributed by atoms with Crippen LogP contribution in [0.25, 0.3) is 0 Å². The first kappa shape index (κ1) is 27.4. The second-order valence-electron chi connectivity index (χ2n) is 11.5. The molecule has 0 aromatic heterocycles. The van der Waals surface area contributed by atoms with Crippen LogP contribution in [0.4, 0.5) is 0 Å². The first-order valence-corrected chi connectivity index (χ1v) is 12.8. The zero-order valence-corrected chi connectivity index (χ0v) is 22.1. The minimum absolute atomic E-state index is 0.0910. The molecule has 8 heteroatoms. The Labute approximate surface area is 210 Å². The first-order valence-electron chi connectivity index (χ1n) is 12.8. The van der Waals surface area contributed by atoms with E-state index in [0.29, 0.717) is 45.3 Å². The van der Waals surface area contributed by atoms with Crippen molar-refractivity contribution >= 4 is 17.7 Å². The second kappa shape index (κ2) is 10.1. The molecular weight excluding hydrogens is 446 g/mol. The number of ether oxygens (including phenoxy) is 1.